The summed E-state index contributed by atoms with van der Waals surface area (Å²) in [5.74, 6) is -1.73. The SMILES string of the molecule is COC(=O)COc1c(Br)cc(/C=C2/C(=O)NC(=O)N(c3ccc(C)c(Cl)c3)C2=O)cc1I. The Kier molecular flexibility index (Phi) is 7.57. The summed E-state index contributed by atoms with van der Waals surface area (Å²) in [7, 11) is 1.26. The number of ether oxygens (including phenoxy) is 2. The summed E-state index contributed by atoms with van der Waals surface area (Å²) in [5.41, 5.74) is 1.29. The second-order valence-electron chi connectivity index (χ2n) is 6.57. The summed E-state index contributed by atoms with van der Waals surface area (Å²) in [4.78, 5) is 50.0. The number of carbonyl (C=O) groups is 4. The maximum absolute atomic E-state index is 13.0. The van der Waals surface area contributed by atoms with Crippen LogP contribution in [0.2, 0.25) is 5.02 Å². The Morgan fingerprint density at radius 2 is 1.97 bits per heavy atom. The van der Waals surface area contributed by atoms with Crippen LogP contribution < -0.4 is 15.0 Å². The summed E-state index contributed by atoms with van der Waals surface area (Å²) in [6.45, 7) is 1.51. The van der Waals surface area contributed by atoms with E-state index < -0.39 is 23.8 Å². The number of methoxy groups -OCH3 is 1. The van der Waals surface area contributed by atoms with Gasteiger partial charge >= 0.3 is 12.0 Å². The van der Waals surface area contributed by atoms with Gasteiger partial charge < -0.3 is 9.47 Å². The van der Waals surface area contributed by atoms with E-state index in [2.05, 4.69) is 26.0 Å². The lowest BCUT2D eigenvalue weighted by atomic mass is 10.1. The van der Waals surface area contributed by atoms with Crippen LogP contribution in [0.3, 0.4) is 0 Å². The number of amides is 4. The summed E-state index contributed by atoms with van der Waals surface area (Å²) < 4.78 is 11.1. The highest BCUT2D eigenvalue weighted by atomic mass is 127. The minimum absolute atomic E-state index is 0.229. The van der Waals surface area contributed by atoms with Crippen molar-refractivity contribution in [3.8, 4) is 5.75 Å². The molecule has 0 saturated carbocycles. The topological polar surface area (TPSA) is 102 Å². The first-order valence-corrected chi connectivity index (χ1v) is 11.2. The molecule has 1 aliphatic heterocycles. The first kappa shape index (κ1) is 24.2. The largest absolute Gasteiger partial charge is 0.480 e. The molecule has 1 saturated heterocycles. The highest BCUT2D eigenvalue weighted by Crippen LogP contribution is 2.33. The molecule has 3 rings (SSSR count). The van der Waals surface area contributed by atoms with Gasteiger partial charge in [0.05, 0.1) is 20.8 Å². The van der Waals surface area contributed by atoms with E-state index in [1.807, 2.05) is 22.6 Å². The molecular formula is C21H15BrClIN2O6. The van der Waals surface area contributed by atoms with Crippen molar-refractivity contribution in [3.63, 3.8) is 0 Å². The van der Waals surface area contributed by atoms with Gasteiger partial charge in [-0.05, 0) is 86.9 Å². The third kappa shape index (κ3) is 5.13. The molecule has 0 bridgehead atoms. The van der Waals surface area contributed by atoms with Crippen molar-refractivity contribution in [1.82, 2.24) is 5.32 Å². The van der Waals surface area contributed by atoms with Crippen molar-refractivity contribution < 1.29 is 28.7 Å². The lowest BCUT2D eigenvalue weighted by Gasteiger charge is -2.26. The van der Waals surface area contributed by atoms with Crippen LogP contribution in [-0.4, -0.2) is 37.5 Å². The Morgan fingerprint density at radius 1 is 1.25 bits per heavy atom. The van der Waals surface area contributed by atoms with Crippen molar-refractivity contribution >= 4 is 85.7 Å². The van der Waals surface area contributed by atoms with E-state index in [9.17, 15) is 19.2 Å². The van der Waals surface area contributed by atoms with Gasteiger partial charge in [-0.1, -0.05) is 17.7 Å². The fourth-order valence-electron chi connectivity index (χ4n) is 2.77. The highest BCUT2D eigenvalue weighted by Gasteiger charge is 2.37. The van der Waals surface area contributed by atoms with E-state index in [4.69, 9.17) is 16.3 Å². The lowest BCUT2D eigenvalue weighted by Crippen LogP contribution is -2.54. The molecule has 0 aliphatic carbocycles. The van der Waals surface area contributed by atoms with Gasteiger partial charge in [0, 0.05) is 5.02 Å². The number of nitrogens with one attached hydrogen (secondary N) is 1. The molecule has 4 amide bonds. The molecule has 1 heterocycles. The Morgan fingerprint density at radius 3 is 2.59 bits per heavy atom. The molecule has 1 aliphatic rings. The van der Waals surface area contributed by atoms with Gasteiger partial charge in [-0.2, -0.15) is 0 Å². The van der Waals surface area contributed by atoms with E-state index in [1.165, 1.54) is 19.3 Å². The molecule has 1 fully saturated rings. The molecule has 0 unspecified atom stereocenters. The Labute approximate surface area is 210 Å². The fourth-order valence-corrected chi connectivity index (χ4v) is 4.71. The summed E-state index contributed by atoms with van der Waals surface area (Å²) in [5, 5.41) is 2.55. The van der Waals surface area contributed by atoms with Crippen molar-refractivity contribution in [2.24, 2.45) is 0 Å². The highest BCUT2D eigenvalue weighted by molar-refractivity contribution is 14.1. The number of imide groups is 2. The molecular weight excluding hydrogens is 619 g/mol. The second-order valence-corrected chi connectivity index (χ2v) is 8.99. The minimum Gasteiger partial charge on any atom is -0.480 e. The number of esters is 1. The number of aryl methyl sites for hydroxylation is 1. The van der Waals surface area contributed by atoms with Crippen LogP contribution in [0, 0.1) is 10.5 Å². The number of carbonyl (C=O) groups excluding carboxylic acids is 4. The van der Waals surface area contributed by atoms with Gasteiger partial charge in [-0.25, -0.2) is 14.5 Å². The van der Waals surface area contributed by atoms with Crippen LogP contribution in [0.5, 0.6) is 5.75 Å². The van der Waals surface area contributed by atoms with Crippen LogP contribution in [0.15, 0.2) is 40.4 Å². The molecule has 1 N–H and O–H groups in total. The second kappa shape index (κ2) is 10.0. The first-order valence-electron chi connectivity index (χ1n) is 8.98. The fraction of sp³-hybridized carbons (Fsp3) is 0.143. The number of barbiturate groups is 1. The summed E-state index contributed by atoms with van der Waals surface area (Å²) >= 11 is 11.5. The van der Waals surface area contributed by atoms with Crippen LogP contribution in [-0.2, 0) is 19.1 Å². The number of hydrogen-bond donors (Lipinski definition) is 1. The van der Waals surface area contributed by atoms with Gasteiger partial charge in [-0.3, -0.25) is 14.9 Å². The van der Waals surface area contributed by atoms with E-state index >= 15 is 0 Å². The van der Waals surface area contributed by atoms with Crippen LogP contribution in [0.4, 0.5) is 10.5 Å². The quantitative estimate of drug-likeness (QED) is 0.229. The predicted molar refractivity (Wildman–Crippen MR) is 130 cm³/mol. The maximum Gasteiger partial charge on any atom is 0.343 e. The van der Waals surface area contributed by atoms with E-state index in [1.54, 1.807) is 31.2 Å². The van der Waals surface area contributed by atoms with E-state index in [0.717, 1.165) is 10.5 Å². The zero-order chi connectivity index (χ0) is 23.6. The third-order valence-electron chi connectivity index (χ3n) is 4.41. The first-order chi connectivity index (χ1) is 15.1. The summed E-state index contributed by atoms with van der Waals surface area (Å²) in [6.07, 6.45) is 1.36. The third-order valence-corrected chi connectivity index (χ3v) is 6.21. The number of urea groups is 1. The van der Waals surface area contributed by atoms with Crippen molar-refractivity contribution in [2.75, 3.05) is 18.6 Å². The number of benzene rings is 2. The molecule has 32 heavy (non-hydrogen) atoms. The van der Waals surface area contributed by atoms with Crippen LogP contribution >= 0.6 is 50.1 Å². The smallest absolute Gasteiger partial charge is 0.343 e. The number of anilines is 1. The van der Waals surface area contributed by atoms with Crippen molar-refractivity contribution in [1.29, 1.82) is 0 Å². The molecule has 0 atom stereocenters. The van der Waals surface area contributed by atoms with Gasteiger partial charge in [-0.15, -0.1) is 0 Å². The molecule has 0 spiro atoms. The van der Waals surface area contributed by atoms with Gasteiger partial charge in [0.1, 0.15) is 11.3 Å². The van der Waals surface area contributed by atoms with Gasteiger partial charge in [0.25, 0.3) is 11.8 Å². The minimum atomic E-state index is -0.862. The van der Waals surface area contributed by atoms with Crippen molar-refractivity contribution in [2.45, 2.75) is 6.92 Å². The Hall–Kier alpha value is -2.44. The molecule has 2 aromatic carbocycles. The van der Waals surface area contributed by atoms with Gasteiger partial charge in [0.15, 0.2) is 6.61 Å². The zero-order valence-electron chi connectivity index (χ0n) is 16.7. The monoisotopic (exact) mass is 632 g/mol. The average molecular weight is 634 g/mol. The average Bonchev–Trinajstić information content (AvgIpc) is 2.72. The van der Waals surface area contributed by atoms with Crippen LogP contribution in [0.25, 0.3) is 6.08 Å². The molecule has 0 aromatic heterocycles. The zero-order valence-corrected chi connectivity index (χ0v) is 21.2. The van der Waals surface area contributed by atoms with Crippen LogP contribution in [0.1, 0.15) is 11.1 Å². The van der Waals surface area contributed by atoms with E-state index in [-0.39, 0.29) is 17.9 Å². The molecule has 0 radical (unpaired) electrons. The lowest BCUT2D eigenvalue weighted by molar-refractivity contribution is -0.143. The number of halogens is 3. The standard InChI is InChI=1S/C21H15BrClIN2O6/c1-10-3-4-12(8-15(10)23)26-20(29)13(19(28)25-21(26)30)5-11-6-14(22)18(16(24)7-11)32-9-17(27)31-2/h3-8H,9H2,1-2H3,(H,25,28,30)/b13-5-. The number of nitrogens with zero attached hydrogens (tertiary/aromatic N) is 1. The van der Waals surface area contributed by atoms with Crippen molar-refractivity contribution in [3.05, 3.63) is 60.1 Å². The van der Waals surface area contributed by atoms with Gasteiger partial charge in [0.2, 0.25) is 0 Å². The molecule has 2 aromatic rings. The summed E-state index contributed by atoms with van der Waals surface area (Å²) in [6, 6.07) is 7.14. The number of hydrogen-bond acceptors (Lipinski definition) is 6. The normalized spacial score (nSPS) is 15.1. The Balaban J connectivity index is 1.95. The molecule has 166 valence electrons. The molecule has 11 heteroatoms. The maximum atomic E-state index is 13.0. The Bertz CT molecular complexity index is 1160. The predicted octanol–water partition coefficient (Wildman–Crippen LogP) is 4.23. The van der Waals surface area contributed by atoms with E-state index in [0.29, 0.717) is 24.4 Å². The molecule has 8 nitrogen and oxygen atoms in total. The number of rotatable bonds is 5.